The Hall–Kier alpha value is -3.35. The normalized spacial score (nSPS) is 11.5. The number of amides is 3. The minimum absolute atomic E-state index is 0.0564. The molecule has 30 heavy (non-hydrogen) atoms. The summed E-state index contributed by atoms with van der Waals surface area (Å²) in [5.41, 5.74) is 2.14. The van der Waals surface area contributed by atoms with Crippen molar-refractivity contribution < 1.29 is 19.1 Å². The second-order valence-corrected chi connectivity index (χ2v) is 7.65. The van der Waals surface area contributed by atoms with Gasteiger partial charge < -0.3 is 20.3 Å². The summed E-state index contributed by atoms with van der Waals surface area (Å²) < 4.78 is 5.42. The third-order valence-corrected chi connectivity index (χ3v) is 4.53. The Morgan fingerprint density at radius 3 is 2.10 bits per heavy atom. The number of nitrogens with one attached hydrogen (secondary N) is 2. The van der Waals surface area contributed by atoms with E-state index in [9.17, 15) is 14.4 Å². The number of carbonyl (C=O) groups excluding carboxylic acids is 3. The van der Waals surface area contributed by atoms with Gasteiger partial charge in [0.1, 0.15) is 11.8 Å². The summed E-state index contributed by atoms with van der Waals surface area (Å²) in [5.74, 6) is -0.313. The summed E-state index contributed by atoms with van der Waals surface area (Å²) >= 11 is 0. The predicted molar refractivity (Wildman–Crippen MR) is 117 cm³/mol. The first-order chi connectivity index (χ1) is 14.2. The topological polar surface area (TPSA) is 87.7 Å². The van der Waals surface area contributed by atoms with E-state index in [1.165, 1.54) is 4.90 Å². The van der Waals surface area contributed by atoms with Crippen LogP contribution < -0.4 is 15.4 Å². The van der Waals surface area contributed by atoms with E-state index < -0.39 is 6.04 Å². The van der Waals surface area contributed by atoms with Crippen LogP contribution in [0.4, 0.5) is 5.69 Å². The Bertz CT molecular complexity index is 874. The van der Waals surface area contributed by atoms with Crippen molar-refractivity contribution in [3.05, 3.63) is 59.7 Å². The highest BCUT2D eigenvalue weighted by molar-refractivity contribution is 6.01. The van der Waals surface area contributed by atoms with E-state index in [1.807, 2.05) is 32.9 Å². The van der Waals surface area contributed by atoms with E-state index in [4.69, 9.17) is 4.74 Å². The maximum atomic E-state index is 12.7. The lowest BCUT2D eigenvalue weighted by molar-refractivity contribution is -0.130. The van der Waals surface area contributed by atoms with Crippen LogP contribution in [0.3, 0.4) is 0 Å². The molecule has 0 spiro atoms. The Balaban J connectivity index is 1.98. The molecule has 7 nitrogen and oxygen atoms in total. The summed E-state index contributed by atoms with van der Waals surface area (Å²) in [6.07, 6.45) is 0. The SMILES string of the molecule is Cc1ccc(C(=O)NC(C(=O)Nc2ccc(OCC(=O)N(C)C)cc2)C(C)C)cc1. The van der Waals surface area contributed by atoms with Gasteiger partial charge in [0, 0.05) is 25.3 Å². The first kappa shape index (κ1) is 22.9. The first-order valence-corrected chi connectivity index (χ1v) is 9.78. The molecular formula is C23H29N3O4. The van der Waals surface area contributed by atoms with Crippen LogP contribution in [0, 0.1) is 12.8 Å². The molecule has 0 heterocycles. The molecule has 0 fully saturated rings. The van der Waals surface area contributed by atoms with Gasteiger partial charge in [0.25, 0.3) is 11.8 Å². The molecule has 7 heteroatoms. The van der Waals surface area contributed by atoms with Crippen LogP contribution in [0.25, 0.3) is 0 Å². The molecule has 0 saturated carbocycles. The minimum atomic E-state index is -0.688. The predicted octanol–water partition coefficient (Wildman–Crippen LogP) is 2.86. The highest BCUT2D eigenvalue weighted by Crippen LogP contribution is 2.17. The number of hydrogen-bond donors (Lipinski definition) is 2. The highest BCUT2D eigenvalue weighted by Gasteiger charge is 2.24. The zero-order valence-electron chi connectivity index (χ0n) is 18.1. The average molecular weight is 412 g/mol. The molecule has 0 aliphatic rings. The largest absolute Gasteiger partial charge is 0.484 e. The average Bonchev–Trinajstić information content (AvgIpc) is 2.71. The number of ether oxygens (including phenoxy) is 1. The fourth-order valence-electron chi connectivity index (χ4n) is 2.59. The van der Waals surface area contributed by atoms with Gasteiger partial charge in [-0.1, -0.05) is 31.5 Å². The molecule has 2 aromatic carbocycles. The molecule has 0 aromatic heterocycles. The van der Waals surface area contributed by atoms with Crippen LogP contribution in [0.5, 0.6) is 5.75 Å². The minimum Gasteiger partial charge on any atom is -0.484 e. The van der Waals surface area contributed by atoms with Gasteiger partial charge in [-0.3, -0.25) is 14.4 Å². The van der Waals surface area contributed by atoms with E-state index in [0.29, 0.717) is 17.0 Å². The maximum absolute atomic E-state index is 12.7. The number of benzene rings is 2. The monoisotopic (exact) mass is 411 g/mol. The van der Waals surface area contributed by atoms with Gasteiger partial charge in [-0.2, -0.15) is 0 Å². The number of rotatable bonds is 8. The molecule has 0 radical (unpaired) electrons. The molecule has 0 saturated heterocycles. The molecule has 0 bridgehead atoms. The van der Waals surface area contributed by atoms with Crippen LogP contribution >= 0.6 is 0 Å². The molecule has 3 amide bonds. The van der Waals surface area contributed by atoms with Crippen molar-refractivity contribution >= 4 is 23.4 Å². The molecule has 1 unspecified atom stereocenters. The fraction of sp³-hybridized carbons (Fsp3) is 0.348. The molecule has 2 N–H and O–H groups in total. The van der Waals surface area contributed by atoms with E-state index in [1.54, 1.807) is 50.5 Å². The third-order valence-electron chi connectivity index (χ3n) is 4.53. The zero-order valence-corrected chi connectivity index (χ0v) is 18.1. The van der Waals surface area contributed by atoms with Crippen LogP contribution in [0.15, 0.2) is 48.5 Å². The van der Waals surface area contributed by atoms with Crippen molar-refractivity contribution in [1.29, 1.82) is 0 Å². The number of nitrogens with zero attached hydrogens (tertiary/aromatic N) is 1. The van der Waals surface area contributed by atoms with Gasteiger partial charge in [0.05, 0.1) is 0 Å². The Kier molecular flexibility index (Phi) is 7.98. The third kappa shape index (κ3) is 6.62. The summed E-state index contributed by atoms with van der Waals surface area (Å²) in [4.78, 5) is 38.3. The molecule has 2 rings (SSSR count). The van der Waals surface area contributed by atoms with Gasteiger partial charge >= 0.3 is 0 Å². The summed E-state index contributed by atoms with van der Waals surface area (Å²) in [6.45, 7) is 5.64. The molecule has 2 aromatic rings. The van der Waals surface area contributed by atoms with Crippen LogP contribution in [0.2, 0.25) is 0 Å². The van der Waals surface area contributed by atoms with E-state index >= 15 is 0 Å². The van der Waals surface area contributed by atoms with Crippen molar-refractivity contribution in [1.82, 2.24) is 10.2 Å². The Morgan fingerprint density at radius 1 is 0.967 bits per heavy atom. The molecular weight excluding hydrogens is 382 g/mol. The standard InChI is InChI=1S/C23H29N3O4/c1-15(2)21(25-22(28)17-8-6-16(3)7-9-17)23(29)24-18-10-12-19(13-11-18)30-14-20(27)26(4)5/h6-13,15,21H,14H2,1-5H3,(H,24,29)(H,25,28). The highest BCUT2D eigenvalue weighted by atomic mass is 16.5. The molecule has 0 aliphatic heterocycles. The number of aryl methyl sites for hydroxylation is 1. The summed E-state index contributed by atoms with van der Waals surface area (Å²) in [7, 11) is 3.32. The van der Waals surface area contributed by atoms with Crippen LogP contribution in [-0.4, -0.2) is 49.4 Å². The van der Waals surface area contributed by atoms with Crippen molar-refractivity contribution in [3.8, 4) is 5.75 Å². The maximum Gasteiger partial charge on any atom is 0.259 e. The van der Waals surface area contributed by atoms with Crippen molar-refractivity contribution in [2.75, 3.05) is 26.0 Å². The number of hydrogen-bond acceptors (Lipinski definition) is 4. The van der Waals surface area contributed by atoms with Crippen LogP contribution in [-0.2, 0) is 9.59 Å². The van der Waals surface area contributed by atoms with E-state index in [0.717, 1.165) is 5.56 Å². The van der Waals surface area contributed by atoms with E-state index in [-0.39, 0.29) is 30.2 Å². The lowest BCUT2D eigenvalue weighted by atomic mass is 10.0. The lowest BCUT2D eigenvalue weighted by Gasteiger charge is -2.22. The quantitative estimate of drug-likeness (QED) is 0.699. The Morgan fingerprint density at radius 2 is 1.57 bits per heavy atom. The molecule has 1 atom stereocenters. The van der Waals surface area contributed by atoms with Crippen molar-refractivity contribution in [2.24, 2.45) is 5.92 Å². The van der Waals surface area contributed by atoms with Gasteiger partial charge in [-0.15, -0.1) is 0 Å². The Labute approximate surface area is 177 Å². The lowest BCUT2D eigenvalue weighted by Crippen LogP contribution is -2.47. The summed E-state index contributed by atoms with van der Waals surface area (Å²) in [5, 5.41) is 5.62. The molecule has 160 valence electrons. The van der Waals surface area contributed by atoms with Gasteiger partial charge in [-0.25, -0.2) is 0 Å². The van der Waals surface area contributed by atoms with Gasteiger partial charge in [-0.05, 0) is 49.2 Å². The second-order valence-electron chi connectivity index (χ2n) is 7.65. The van der Waals surface area contributed by atoms with Crippen molar-refractivity contribution in [3.63, 3.8) is 0 Å². The van der Waals surface area contributed by atoms with Crippen LogP contribution in [0.1, 0.15) is 29.8 Å². The van der Waals surface area contributed by atoms with E-state index in [2.05, 4.69) is 10.6 Å². The van der Waals surface area contributed by atoms with Gasteiger partial charge in [0.2, 0.25) is 5.91 Å². The second kappa shape index (κ2) is 10.4. The smallest absolute Gasteiger partial charge is 0.259 e. The number of anilines is 1. The summed E-state index contributed by atoms with van der Waals surface area (Å²) in [6, 6.07) is 13.2. The fourth-order valence-corrected chi connectivity index (χ4v) is 2.59. The first-order valence-electron chi connectivity index (χ1n) is 9.78. The number of carbonyl (C=O) groups is 3. The molecule has 0 aliphatic carbocycles. The zero-order chi connectivity index (χ0) is 22.3. The number of likely N-dealkylation sites (N-methyl/N-ethyl adjacent to an activating group) is 1. The van der Waals surface area contributed by atoms with Gasteiger partial charge in [0.15, 0.2) is 6.61 Å². The van der Waals surface area contributed by atoms with Crippen molar-refractivity contribution in [2.45, 2.75) is 26.8 Å².